The summed E-state index contributed by atoms with van der Waals surface area (Å²) in [6.45, 7) is 3.84. The van der Waals surface area contributed by atoms with E-state index in [1.54, 1.807) is 24.4 Å². The molecule has 6 heteroatoms. The van der Waals surface area contributed by atoms with Crippen molar-refractivity contribution in [3.05, 3.63) is 101 Å². The van der Waals surface area contributed by atoms with Crippen LogP contribution in [0.2, 0.25) is 0 Å². The minimum atomic E-state index is -0.847. The predicted molar refractivity (Wildman–Crippen MR) is 127 cm³/mol. The second kappa shape index (κ2) is 7.67. The number of aromatic nitrogens is 1. The van der Waals surface area contributed by atoms with Crippen molar-refractivity contribution in [1.29, 1.82) is 0 Å². The molecule has 1 atom stereocenters. The van der Waals surface area contributed by atoms with Gasteiger partial charge in [-0.15, -0.1) is 0 Å². The van der Waals surface area contributed by atoms with Crippen LogP contribution in [-0.4, -0.2) is 26.9 Å². The summed E-state index contributed by atoms with van der Waals surface area (Å²) < 4.78 is 0. The smallest absolute Gasteiger partial charge is 0.300 e. The number of aliphatic hydroxyl groups excluding tert-OH is 1. The van der Waals surface area contributed by atoms with Gasteiger partial charge in [-0.2, -0.15) is 0 Å². The number of aromatic amines is 1. The van der Waals surface area contributed by atoms with E-state index in [-0.39, 0.29) is 17.1 Å². The minimum Gasteiger partial charge on any atom is -0.508 e. The number of phenols is 1. The van der Waals surface area contributed by atoms with Crippen molar-refractivity contribution in [1.82, 2.24) is 4.98 Å². The molecule has 1 amide bonds. The molecule has 0 saturated carbocycles. The molecule has 1 fully saturated rings. The maximum atomic E-state index is 13.3. The van der Waals surface area contributed by atoms with Gasteiger partial charge in [0, 0.05) is 28.4 Å². The van der Waals surface area contributed by atoms with Crippen molar-refractivity contribution in [3.63, 3.8) is 0 Å². The molecular formula is C27H22N2O4. The average Bonchev–Trinajstić information content (AvgIpc) is 3.35. The fourth-order valence-electron chi connectivity index (χ4n) is 4.46. The number of nitrogens with one attached hydrogen (secondary N) is 1. The number of amides is 1. The van der Waals surface area contributed by atoms with E-state index in [0.29, 0.717) is 16.8 Å². The van der Waals surface area contributed by atoms with Gasteiger partial charge in [0.1, 0.15) is 11.5 Å². The van der Waals surface area contributed by atoms with Gasteiger partial charge < -0.3 is 15.2 Å². The number of carbonyl (C=O) groups excluding carboxylic acids is 2. The number of phenolic OH excluding ortho intramolecular Hbond substituents is 1. The second-order valence-corrected chi connectivity index (χ2v) is 8.23. The molecule has 1 aromatic heterocycles. The van der Waals surface area contributed by atoms with Gasteiger partial charge in [0.05, 0.1) is 11.6 Å². The lowest BCUT2D eigenvalue weighted by molar-refractivity contribution is -0.132. The van der Waals surface area contributed by atoms with Crippen molar-refractivity contribution in [2.24, 2.45) is 0 Å². The molecule has 6 nitrogen and oxygen atoms in total. The summed E-state index contributed by atoms with van der Waals surface area (Å²) in [6, 6.07) is 18.5. The third-order valence-corrected chi connectivity index (χ3v) is 6.33. The number of benzene rings is 3. The molecule has 1 aliphatic rings. The van der Waals surface area contributed by atoms with Gasteiger partial charge in [0.15, 0.2) is 0 Å². The Balaban J connectivity index is 1.78. The van der Waals surface area contributed by atoms with Gasteiger partial charge in [0.2, 0.25) is 0 Å². The van der Waals surface area contributed by atoms with E-state index in [9.17, 15) is 19.8 Å². The molecule has 164 valence electrons. The van der Waals surface area contributed by atoms with Gasteiger partial charge in [-0.1, -0.05) is 42.5 Å². The highest BCUT2D eigenvalue weighted by atomic mass is 16.3. The molecule has 0 radical (unpaired) electrons. The number of Topliss-reactive ketones (excluding diaryl/α,β-unsaturated/α-hetero) is 1. The van der Waals surface area contributed by atoms with Crippen LogP contribution in [0.3, 0.4) is 0 Å². The monoisotopic (exact) mass is 438 g/mol. The fraction of sp³-hybridized carbons (Fsp3) is 0.111. The van der Waals surface area contributed by atoms with Crippen molar-refractivity contribution in [3.8, 4) is 5.75 Å². The van der Waals surface area contributed by atoms with E-state index in [4.69, 9.17) is 0 Å². The Labute approximate surface area is 190 Å². The molecule has 0 aliphatic carbocycles. The highest BCUT2D eigenvalue weighted by Gasteiger charge is 2.47. The van der Waals surface area contributed by atoms with Crippen LogP contribution in [0.15, 0.2) is 78.5 Å². The summed E-state index contributed by atoms with van der Waals surface area (Å²) in [5, 5.41) is 21.9. The van der Waals surface area contributed by atoms with Crippen LogP contribution in [0.25, 0.3) is 16.7 Å². The molecule has 3 N–H and O–H groups in total. The first-order valence-electron chi connectivity index (χ1n) is 10.6. The Morgan fingerprint density at radius 3 is 2.42 bits per heavy atom. The topological polar surface area (TPSA) is 93.6 Å². The molecule has 1 saturated heterocycles. The Morgan fingerprint density at radius 2 is 1.67 bits per heavy atom. The number of aryl methyl sites for hydroxylation is 1. The van der Waals surface area contributed by atoms with Crippen molar-refractivity contribution < 1.29 is 19.8 Å². The third-order valence-electron chi connectivity index (χ3n) is 6.33. The molecule has 3 aromatic carbocycles. The van der Waals surface area contributed by atoms with Crippen LogP contribution >= 0.6 is 0 Å². The summed E-state index contributed by atoms with van der Waals surface area (Å²) in [5.41, 5.74) is 4.34. The SMILES string of the molecule is Cc1cccc(N2C(=O)C(=O)/C(=C(\O)c3c[nH]c4ccccc34)C2c2ccc(O)cc2)c1C. The van der Waals surface area contributed by atoms with E-state index < -0.39 is 17.7 Å². The van der Waals surface area contributed by atoms with E-state index in [2.05, 4.69) is 4.98 Å². The summed E-state index contributed by atoms with van der Waals surface area (Å²) >= 11 is 0. The van der Waals surface area contributed by atoms with Crippen LogP contribution in [0.4, 0.5) is 5.69 Å². The Hall–Kier alpha value is -4.32. The Bertz CT molecular complexity index is 1450. The number of rotatable bonds is 3. The number of ketones is 1. The number of hydrogen-bond donors (Lipinski definition) is 3. The molecule has 33 heavy (non-hydrogen) atoms. The number of carbonyl (C=O) groups is 2. The highest BCUT2D eigenvalue weighted by Crippen LogP contribution is 2.44. The lowest BCUT2D eigenvalue weighted by Gasteiger charge is -2.27. The molecule has 1 aliphatic heterocycles. The number of fused-ring (bicyclic) bond motifs is 1. The number of aliphatic hydroxyl groups is 1. The first kappa shape index (κ1) is 20.6. The normalized spacial score (nSPS) is 17.8. The second-order valence-electron chi connectivity index (χ2n) is 8.23. The predicted octanol–water partition coefficient (Wildman–Crippen LogP) is 5.12. The molecule has 0 spiro atoms. The molecule has 1 unspecified atom stereocenters. The number of H-pyrrole nitrogens is 1. The van der Waals surface area contributed by atoms with Gasteiger partial charge in [-0.05, 0) is 54.8 Å². The number of anilines is 1. The standard InChI is InChI=1S/C27H22N2O4/c1-15-6-5-9-22(16(15)2)29-24(17-10-12-18(30)13-11-17)23(26(32)27(29)33)25(31)20-14-28-21-8-4-3-7-19(20)21/h3-14,24,28,30-31H,1-2H3/b25-23-. The molecule has 2 heterocycles. The van der Waals surface area contributed by atoms with Crippen LogP contribution in [0.1, 0.15) is 28.3 Å². The Morgan fingerprint density at radius 1 is 0.939 bits per heavy atom. The molecule has 4 aromatic rings. The lowest BCUT2D eigenvalue weighted by Crippen LogP contribution is -2.30. The van der Waals surface area contributed by atoms with Crippen molar-refractivity contribution in [2.45, 2.75) is 19.9 Å². The lowest BCUT2D eigenvalue weighted by atomic mass is 9.94. The van der Waals surface area contributed by atoms with E-state index in [0.717, 1.165) is 22.0 Å². The fourth-order valence-corrected chi connectivity index (χ4v) is 4.46. The largest absolute Gasteiger partial charge is 0.508 e. The van der Waals surface area contributed by atoms with Crippen molar-refractivity contribution in [2.75, 3.05) is 4.90 Å². The van der Waals surface area contributed by atoms with Gasteiger partial charge in [-0.25, -0.2) is 0 Å². The van der Waals surface area contributed by atoms with Gasteiger partial charge in [0.25, 0.3) is 11.7 Å². The minimum absolute atomic E-state index is 0.0105. The van der Waals surface area contributed by atoms with Crippen LogP contribution in [-0.2, 0) is 9.59 Å². The number of aromatic hydroxyl groups is 1. The molecular weight excluding hydrogens is 416 g/mol. The van der Waals surface area contributed by atoms with Crippen LogP contribution < -0.4 is 4.90 Å². The zero-order valence-electron chi connectivity index (χ0n) is 18.2. The zero-order chi connectivity index (χ0) is 23.3. The highest BCUT2D eigenvalue weighted by molar-refractivity contribution is 6.52. The van der Waals surface area contributed by atoms with E-state index in [1.165, 1.54) is 17.0 Å². The number of para-hydroxylation sites is 1. The first-order chi connectivity index (χ1) is 15.9. The van der Waals surface area contributed by atoms with Crippen LogP contribution in [0, 0.1) is 13.8 Å². The van der Waals surface area contributed by atoms with Gasteiger partial charge >= 0.3 is 0 Å². The maximum absolute atomic E-state index is 13.3. The number of nitrogens with zero attached hydrogens (tertiary/aromatic N) is 1. The molecule has 5 rings (SSSR count). The summed E-state index contributed by atoms with van der Waals surface area (Å²) in [6.07, 6.45) is 1.64. The van der Waals surface area contributed by atoms with Gasteiger partial charge in [-0.3, -0.25) is 14.5 Å². The molecule has 0 bridgehead atoms. The summed E-state index contributed by atoms with van der Waals surface area (Å²) in [5.74, 6) is -1.63. The maximum Gasteiger partial charge on any atom is 0.300 e. The zero-order valence-corrected chi connectivity index (χ0v) is 18.2. The summed E-state index contributed by atoms with van der Waals surface area (Å²) in [4.78, 5) is 31.2. The average molecular weight is 438 g/mol. The van der Waals surface area contributed by atoms with Crippen molar-refractivity contribution >= 4 is 34.0 Å². The summed E-state index contributed by atoms with van der Waals surface area (Å²) in [7, 11) is 0. The third kappa shape index (κ3) is 3.19. The Kier molecular flexibility index (Phi) is 4.78. The van der Waals surface area contributed by atoms with E-state index in [1.807, 2.05) is 50.2 Å². The quantitative estimate of drug-likeness (QED) is 0.235. The van der Waals surface area contributed by atoms with E-state index >= 15 is 0 Å². The first-order valence-corrected chi connectivity index (χ1v) is 10.6. The van der Waals surface area contributed by atoms with Crippen LogP contribution in [0.5, 0.6) is 5.75 Å². The number of hydrogen-bond acceptors (Lipinski definition) is 4.